The molecule has 17 nitrogen and oxygen atoms in total. The summed E-state index contributed by atoms with van der Waals surface area (Å²) < 4.78 is 4.92. The van der Waals surface area contributed by atoms with E-state index in [1.54, 1.807) is 36.4 Å². The number of imide groups is 1. The number of urea groups is 2. The smallest absolute Gasteiger partial charge is 0.352 e. The highest BCUT2D eigenvalue weighted by Crippen LogP contribution is 2.40. The second-order valence-electron chi connectivity index (χ2n) is 11.1. The number of aliphatic carboxylic acids is 1. The Kier molecular flexibility index (Phi) is 8.29. The molecule has 4 atom stereocenters. The van der Waals surface area contributed by atoms with Crippen LogP contribution in [0.25, 0.3) is 0 Å². The third kappa shape index (κ3) is 5.95. The monoisotopic (exact) mass is 665 g/mol. The van der Waals surface area contributed by atoms with Crippen LogP contribution in [0.3, 0.4) is 0 Å². The highest BCUT2D eigenvalue weighted by Gasteiger charge is 2.54. The van der Waals surface area contributed by atoms with Gasteiger partial charge in [-0.15, -0.1) is 11.8 Å². The fourth-order valence-electron chi connectivity index (χ4n) is 5.79. The topological polar surface area (TPSA) is 221 Å². The van der Waals surface area contributed by atoms with E-state index in [0.717, 1.165) is 15.4 Å². The number of nitro benzene ring substituents is 1. The number of carboxylic acids is 1. The van der Waals surface area contributed by atoms with Crippen LogP contribution in [-0.2, 0) is 30.3 Å². The summed E-state index contributed by atoms with van der Waals surface area (Å²) in [6.45, 7) is 1.02. The number of hydrazine groups is 1. The van der Waals surface area contributed by atoms with Crippen molar-refractivity contribution < 1.29 is 43.5 Å². The molecule has 0 aliphatic carbocycles. The van der Waals surface area contributed by atoms with Crippen molar-refractivity contribution in [3.05, 3.63) is 81.0 Å². The second-order valence-corrected chi connectivity index (χ2v) is 12.2. The van der Waals surface area contributed by atoms with E-state index in [-0.39, 0.29) is 54.4 Å². The van der Waals surface area contributed by atoms with Gasteiger partial charge in [0, 0.05) is 36.1 Å². The molecule has 47 heavy (non-hydrogen) atoms. The molecule has 3 fully saturated rings. The number of non-ortho nitro benzene ring substituents is 1. The zero-order valence-electron chi connectivity index (χ0n) is 24.6. The summed E-state index contributed by atoms with van der Waals surface area (Å²) in [6.07, 6.45) is -0.149. The predicted octanol–water partition coefficient (Wildman–Crippen LogP) is 1.34. The van der Waals surface area contributed by atoms with Crippen LogP contribution < -0.4 is 16.1 Å². The minimum atomic E-state index is -1.34. The Morgan fingerprint density at radius 3 is 2.57 bits per heavy atom. The fraction of sp³-hybridized carbons (Fsp3) is 0.310. The molecule has 4 aliphatic heterocycles. The van der Waals surface area contributed by atoms with E-state index in [0.29, 0.717) is 11.3 Å². The minimum absolute atomic E-state index is 0.0565. The first-order valence-corrected chi connectivity index (χ1v) is 15.3. The molecule has 4 aliphatic rings. The zero-order chi connectivity index (χ0) is 33.6. The molecule has 2 aromatic rings. The van der Waals surface area contributed by atoms with Crippen molar-refractivity contribution in [2.75, 3.05) is 24.2 Å². The Hall–Kier alpha value is -5.49. The molecule has 3 saturated heterocycles. The van der Waals surface area contributed by atoms with Crippen molar-refractivity contribution in [1.82, 2.24) is 25.6 Å². The highest BCUT2D eigenvalue weighted by molar-refractivity contribution is 8.00. The standard InChI is InChI=1S/C29H27N7O10S/c1-14(37)46-12-17-13-47-26-23(25(39)34(26)24(17)27(40)41)31-21(38)10-15-3-2-4-18(9-15)30-28(42)33-11-20-22(32-35(20)29(33)43)16-5-7-19(8-6-16)36(44)45/h2-9,20,22-23,26,32H,10-13H2,1H3,(H,30,42)(H,31,38)(H,40,41)/t20?,22?,23?,26-/m0/s1. The van der Waals surface area contributed by atoms with Crippen molar-refractivity contribution in [3.63, 3.8) is 0 Å². The van der Waals surface area contributed by atoms with E-state index < -0.39 is 52.2 Å². The van der Waals surface area contributed by atoms with E-state index in [2.05, 4.69) is 16.1 Å². The van der Waals surface area contributed by atoms with Crippen molar-refractivity contribution in [2.45, 2.75) is 36.8 Å². The number of benzene rings is 2. The van der Waals surface area contributed by atoms with Gasteiger partial charge < -0.3 is 20.5 Å². The van der Waals surface area contributed by atoms with Gasteiger partial charge in [-0.3, -0.25) is 34.4 Å². The maximum Gasteiger partial charge on any atom is 0.352 e. The second kappa shape index (κ2) is 12.4. The van der Waals surface area contributed by atoms with Crippen molar-refractivity contribution in [2.24, 2.45) is 0 Å². The number of carbonyl (C=O) groups excluding carboxylic acids is 5. The number of nitro groups is 1. The molecule has 2 aromatic carbocycles. The molecule has 18 heteroatoms. The maximum absolute atomic E-state index is 13.0. The number of amides is 6. The van der Waals surface area contributed by atoms with Gasteiger partial charge in [0.05, 0.1) is 30.0 Å². The summed E-state index contributed by atoms with van der Waals surface area (Å²) >= 11 is 1.25. The van der Waals surface area contributed by atoms with Gasteiger partial charge in [-0.2, -0.15) is 0 Å². The lowest BCUT2D eigenvalue weighted by molar-refractivity contribution is -0.384. The van der Waals surface area contributed by atoms with Crippen molar-refractivity contribution in [1.29, 1.82) is 0 Å². The molecule has 3 unspecified atom stereocenters. The summed E-state index contributed by atoms with van der Waals surface area (Å²) in [5.41, 5.74) is 4.51. The van der Waals surface area contributed by atoms with Crippen LogP contribution in [-0.4, -0.2) is 97.0 Å². The molecule has 0 saturated carbocycles. The Labute approximate surface area is 270 Å². The van der Waals surface area contributed by atoms with E-state index >= 15 is 0 Å². The molecule has 6 rings (SSSR count). The lowest BCUT2D eigenvalue weighted by atomic mass is 9.96. The molecule has 4 heterocycles. The number of ether oxygens (including phenoxy) is 1. The average molecular weight is 666 g/mol. The first-order chi connectivity index (χ1) is 22.4. The first-order valence-electron chi connectivity index (χ1n) is 14.3. The Balaban J connectivity index is 1.03. The van der Waals surface area contributed by atoms with Gasteiger partial charge in [0.15, 0.2) is 0 Å². The summed E-state index contributed by atoms with van der Waals surface area (Å²) in [5.74, 6) is -2.82. The molecule has 0 aromatic heterocycles. The lowest BCUT2D eigenvalue weighted by Gasteiger charge is -2.49. The third-order valence-electron chi connectivity index (χ3n) is 8.07. The first kappa shape index (κ1) is 31.5. The minimum Gasteiger partial charge on any atom is -0.477 e. The van der Waals surface area contributed by atoms with Gasteiger partial charge in [0.25, 0.3) is 11.6 Å². The molecular weight excluding hydrogens is 638 g/mol. The number of hydrogen-bond acceptors (Lipinski definition) is 11. The van der Waals surface area contributed by atoms with Gasteiger partial charge in [-0.05, 0) is 23.3 Å². The van der Waals surface area contributed by atoms with Crippen molar-refractivity contribution in [3.8, 4) is 0 Å². The summed E-state index contributed by atoms with van der Waals surface area (Å²) in [7, 11) is 0. The molecule has 0 bridgehead atoms. The van der Waals surface area contributed by atoms with E-state index in [1.807, 2.05) is 0 Å². The number of nitrogens with zero attached hydrogens (tertiary/aromatic N) is 4. The zero-order valence-corrected chi connectivity index (χ0v) is 25.4. The number of esters is 1. The Morgan fingerprint density at radius 1 is 1.15 bits per heavy atom. The van der Waals surface area contributed by atoms with Crippen LogP contribution >= 0.6 is 11.8 Å². The van der Waals surface area contributed by atoms with Gasteiger partial charge in [-0.25, -0.2) is 24.7 Å². The number of rotatable bonds is 9. The highest BCUT2D eigenvalue weighted by atomic mass is 32.2. The number of nitrogens with one attached hydrogen (secondary N) is 3. The van der Waals surface area contributed by atoms with Gasteiger partial charge in [-0.1, -0.05) is 24.3 Å². The lowest BCUT2D eigenvalue weighted by Crippen LogP contribution is -2.70. The molecule has 244 valence electrons. The molecule has 6 amide bonds. The van der Waals surface area contributed by atoms with Crippen LogP contribution in [0.4, 0.5) is 21.0 Å². The number of anilines is 1. The van der Waals surface area contributed by atoms with E-state index in [1.165, 1.54) is 35.8 Å². The molecule has 0 radical (unpaired) electrons. The van der Waals surface area contributed by atoms with Crippen LogP contribution in [0.1, 0.15) is 24.1 Å². The number of carbonyl (C=O) groups is 6. The molecular formula is C29H27N7O10S. The number of hydrogen-bond donors (Lipinski definition) is 4. The Bertz CT molecular complexity index is 1750. The average Bonchev–Trinajstić information content (AvgIpc) is 3.27. The summed E-state index contributed by atoms with van der Waals surface area (Å²) in [6, 6.07) is 9.50. The van der Waals surface area contributed by atoms with Crippen LogP contribution in [0.2, 0.25) is 0 Å². The Morgan fingerprint density at radius 2 is 1.89 bits per heavy atom. The van der Waals surface area contributed by atoms with Crippen LogP contribution in [0.5, 0.6) is 0 Å². The number of β-lactam (4-membered cyclic amide) rings is 1. The normalized spacial score (nSPS) is 22.9. The molecule has 0 spiro atoms. The van der Waals surface area contributed by atoms with E-state index in [4.69, 9.17) is 4.74 Å². The predicted molar refractivity (Wildman–Crippen MR) is 162 cm³/mol. The quantitative estimate of drug-likeness (QED) is 0.129. The van der Waals surface area contributed by atoms with Gasteiger partial charge >= 0.3 is 24.0 Å². The van der Waals surface area contributed by atoms with Crippen LogP contribution in [0, 0.1) is 10.1 Å². The maximum atomic E-state index is 13.0. The largest absolute Gasteiger partial charge is 0.477 e. The third-order valence-corrected chi connectivity index (χ3v) is 9.41. The van der Waals surface area contributed by atoms with Crippen LogP contribution in [0.15, 0.2) is 59.8 Å². The van der Waals surface area contributed by atoms with Crippen molar-refractivity contribution >= 4 is 59.0 Å². The van der Waals surface area contributed by atoms with Gasteiger partial charge in [0.1, 0.15) is 23.7 Å². The van der Waals surface area contributed by atoms with E-state index in [9.17, 15) is 44.0 Å². The number of fused-ring (bicyclic) bond motifs is 2. The van der Waals surface area contributed by atoms with Gasteiger partial charge in [0.2, 0.25) is 5.91 Å². The SMILES string of the molecule is CC(=O)OCC1=C(C(=O)O)N2C(=O)C(NC(=O)Cc3cccc(NC(=O)N4CC5C(c6ccc([N+](=O)[O-])cc6)NN5C4=O)c3)[C@@H]2SC1. The number of carboxylic acid groups (broad SMARTS) is 1. The number of thioether (sulfide) groups is 1. The molecule has 4 N–H and O–H groups in total. The summed E-state index contributed by atoms with van der Waals surface area (Å²) in [5, 5.41) is 26.6. The summed E-state index contributed by atoms with van der Waals surface area (Å²) in [4.78, 5) is 87.3. The fourth-order valence-corrected chi connectivity index (χ4v) is 7.12.